The summed E-state index contributed by atoms with van der Waals surface area (Å²) in [6, 6.07) is 6.37. The average Bonchev–Trinajstić information content (AvgIpc) is 2.47. The predicted octanol–water partition coefficient (Wildman–Crippen LogP) is 2.98. The van der Waals surface area contributed by atoms with Gasteiger partial charge in [0.25, 0.3) is 5.78 Å². The van der Waals surface area contributed by atoms with Gasteiger partial charge in [0.1, 0.15) is 5.82 Å². The standard InChI is InChI=1S/C15H16F4N2O/c1-11(10-14(22)15(17,18)19)20-6-8-21(9-7-20)13-5-3-2-4-12(13)16/h2-5,10H,6-9H2,1H3. The Kier molecular flexibility index (Phi) is 4.73. The van der Waals surface area contributed by atoms with Crippen molar-refractivity contribution in [3.05, 3.63) is 41.9 Å². The number of anilines is 1. The van der Waals surface area contributed by atoms with Crippen LogP contribution in [0.2, 0.25) is 0 Å². The van der Waals surface area contributed by atoms with Gasteiger partial charge in [0.2, 0.25) is 0 Å². The number of alkyl halides is 3. The molecular formula is C15H16F4N2O. The van der Waals surface area contributed by atoms with Crippen molar-refractivity contribution < 1.29 is 22.4 Å². The van der Waals surface area contributed by atoms with E-state index >= 15 is 0 Å². The highest BCUT2D eigenvalue weighted by molar-refractivity contribution is 5.94. The van der Waals surface area contributed by atoms with Crippen molar-refractivity contribution in [3.63, 3.8) is 0 Å². The van der Waals surface area contributed by atoms with Crippen LogP contribution in [0.4, 0.5) is 23.2 Å². The number of carbonyl (C=O) groups excluding carboxylic acids is 1. The van der Waals surface area contributed by atoms with Gasteiger partial charge in [0, 0.05) is 38.0 Å². The number of para-hydroxylation sites is 1. The van der Waals surface area contributed by atoms with Crippen LogP contribution < -0.4 is 4.90 Å². The molecule has 1 saturated heterocycles. The summed E-state index contributed by atoms with van der Waals surface area (Å²) >= 11 is 0. The van der Waals surface area contributed by atoms with E-state index in [1.165, 1.54) is 13.0 Å². The fourth-order valence-electron chi connectivity index (χ4n) is 2.37. The average molecular weight is 316 g/mol. The number of ketones is 1. The van der Waals surface area contributed by atoms with Gasteiger partial charge in [-0.15, -0.1) is 0 Å². The third-order valence-corrected chi connectivity index (χ3v) is 3.59. The van der Waals surface area contributed by atoms with Crippen LogP contribution in [-0.4, -0.2) is 43.0 Å². The van der Waals surface area contributed by atoms with Gasteiger partial charge in [-0.3, -0.25) is 4.79 Å². The molecule has 120 valence electrons. The van der Waals surface area contributed by atoms with Gasteiger partial charge in [-0.25, -0.2) is 4.39 Å². The topological polar surface area (TPSA) is 23.6 Å². The molecule has 1 heterocycles. The molecule has 0 bridgehead atoms. The predicted molar refractivity (Wildman–Crippen MR) is 75.0 cm³/mol. The van der Waals surface area contributed by atoms with Crippen LogP contribution in [-0.2, 0) is 4.79 Å². The van der Waals surface area contributed by atoms with E-state index in [4.69, 9.17) is 0 Å². The number of allylic oxidation sites excluding steroid dienone is 2. The SMILES string of the molecule is CC(=CC(=O)C(F)(F)F)N1CCN(c2ccccc2F)CC1. The molecule has 0 atom stereocenters. The smallest absolute Gasteiger partial charge is 0.371 e. The summed E-state index contributed by atoms with van der Waals surface area (Å²) in [7, 11) is 0. The van der Waals surface area contributed by atoms with Crippen molar-refractivity contribution >= 4 is 11.5 Å². The Hall–Kier alpha value is -2.05. The molecule has 0 aliphatic carbocycles. The van der Waals surface area contributed by atoms with E-state index in [1.54, 1.807) is 23.1 Å². The van der Waals surface area contributed by atoms with Crippen LogP contribution in [0, 0.1) is 5.82 Å². The van der Waals surface area contributed by atoms with Crippen LogP contribution in [0.5, 0.6) is 0 Å². The molecule has 3 nitrogen and oxygen atoms in total. The van der Waals surface area contributed by atoms with Gasteiger partial charge in [-0.2, -0.15) is 13.2 Å². The minimum atomic E-state index is -4.85. The van der Waals surface area contributed by atoms with Gasteiger partial charge < -0.3 is 9.80 Å². The molecular weight excluding hydrogens is 300 g/mol. The van der Waals surface area contributed by atoms with Crippen molar-refractivity contribution in [1.29, 1.82) is 0 Å². The van der Waals surface area contributed by atoms with Gasteiger partial charge >= 0.3 is 6.18 Å². The van der Waals surface area contributed by atoms with Crippen molar-refractivity contribution in [3.8, 4) is 0 Å². The van der Waals surface area contributed by atoms with Crippen molar-refractivity contribution in [1.82, 2.24) is 4.90 Å². The third kappa shape index (κ3) is 3.78. The third-order valence-electron chi connectivity index (χ3n) is 3.59. The molecule has 0 aromatic heterocycles. The van der Waals surface area contributed by atoms with Crippen LogP contribution in [0.3, 0.4) is 0 Å². The van der Waals surface area contributed by atoms with Gasteiger partial charge in [0.15, 0.2) is 0 Å². The molecule has 0 amide bonds. The number of hydrogen-bond acceptors (Lipinski definition) is 3. The first-order valence-electron chi connectivity index (χ1n) is 6.83. The summed E-state index contributed by atoms with van der Waals surface area (Å²) in [4.78, 5) is 14.5. The first-order chi connectivity index (χ1) is 10.3. The summed E-state index contributed by atoms with van der Waals surface area (Å²) in [6.45, 7) is 3.30. The van der Waals surface area contributed by atoms with E-state index in [2.05, 4.69) is 0 Å². The van der Waals surface area contributed by atoms with Crippen LogP contribution >= 0.6 is 0 Å². The largest absolute Gasteiger partial charge is 0.454 e. The zero-order chi connectivity index (χ0) is 16.3. The Balaban J connectivity index is 1.99. The second-order valence-electron chi connectivity index (χ2n) is 5.07. The minimum absolute atomic E-state index is 0.274. The molecule has 0 radical (unpaired) electrons. The number of benzene rings is 1. The zero-order valence-electron chi connectivity index (χ0n) is 12.0. The Morgan fingerprint density at radius 3 is 2.27 bits per heavy atom. The molecule has 1 aliphatic heterocycles. The monoisotopic (exact) mass is 316 g/mol. The number of rotatable bonds is 3. The molecule has 2 rings (SSSR count). The first kappa shape index (κ1) is 16.3. The van der Waals surface area contributed by atoms with E-state index in [-0.39, 0.29) is 11.5 Å². The van der Waals surface area contributed by atoms with E-state index in [0.29, 0.717) is 37.9 Å². The number of carbonyl (C=O) groups is 1. The summed E-state index contributed by atoms with van der Waals surface area (Å²) < 4.78 is 50.4. The minimum Gasteiger partial charge on any atom is -0.371 e. The Morgan fingerprint density at radius 1 is 1.14 bits per heavy atom. The summed E-state index contributed by atoms with van der Waals surface area (Å²) in [5.41, 5.74) is 0.755. The summed E-state index contributed by atoms with van der Waals surface area (Å²) in [5, 5.41) is 0. The van der Waals surface area contributed by atoms with Crippen LogP contribution in [0.25, 0.3) is 0 Å². The molecule has 22 heavy (non-hydrogen) atoms. The summed E-state index contributed by atoms with van der Waals surface area (Å²) in [5.74, 6) is -2.18. The van der Waals surface area contributed by atoms with E-state index < -0.39 is 12.0 Å². The zero-order valence-corrected chi connectivity index (χ0v) is 12.0. The molecule has 1 aliphatic rings. The summed E-state index contributed by atoms with van der Waals surface area (Å²) in [6.07, 6.45) is -4.24. The fourth-order valence-corrected chi connectivity index (χ4v) is 2.37. The quantitative estimate of drug-likeness (QED) is 0.633. The highest BCUT2D eigenvalue weighted by Crippen LogP contribution is 2.22. The highest BCUT2D eigenvalue weighted by atomic mass is 19.4. The lowest BCUT2D eigenvalue weighted by molar-refractivity contribution is -0.165. The lowest BCUT2D eigenvalue weighted by atomic mass is 10.2. The Bertz CT molecular complexity index is 575. The molecule has 0 saturated carbocycles. The van der Waals surface area contributed by atoms with Gasteiger partial charge in [-0.1, -0.05) is 12.1 Å². The number of halogens is 4. The number of piperazine rings is 1. The highest BCUT2D eigenvalue weighted by Gasteiger charge is 2.37. The Labute approximate surface area is 125 Å². The van der Waals surface area contributed by atoms with Gasteiger partial charge in [0.05, 0.1) is 5.69 Å². The van der Waals surface area contributed by atoms with Crippen molar-refractivity contribution in [2.24, 2.45) is 0 Å². The maximum absolute atomic E-state index is 13.7. The normalized spacial score (nSPS) is 16.9. The Morgan fingerprint density at radius 2 is 1.73 bits per heavy atom. The molecule has 0 spiro atoms. The molecule has 1 aromatic rings. The lowest BCUT2D eigenvalue weighted by Crippen LogP contribution is -2.46. The molecule has 7 heteroatoms. The first-order valence-corrected chi connectivity index (χ1v) is 6.83. The van der Waals surface area contributed by atoms with E-state index in [0.717, 1.165) is 0 Å². The van der Waals surface area contributed by atoms with Crippen molar-refractivity contribution in [2.75, 3.05) is 31.1 Å². The maximum Gasteiger partial charge on any atom is 0.454 e. The molecule has 0 unspecified atom stereocenters. The number of nitrogens with zero attached hydrogens (tertiary/aromatic N) is 2. The number of hydrogen-bond donors (Lipinski definition) is 0. The molecule has 0 N–H and O–H groups in total. The van der Waals surface area contributed by atoms with Crippen LogP contribution in [0.1, 0.15) is 6.92 Å². The van der Waals surface area contributed by atoms with E-state index in [1.807, 2.05) is 4.90 Å². The molecule has 1 aromatic carbocycles. The van der Waals surface area contributed by atoms with E-state index in [9.17, 15) is 22.4 Å². The van der Waals surface area contributed by atoms with Crippen molar-refractivity contribution in [2.45, 2.75) is 13.1 Å². The van der Waals surface area contributed by atoms with Crippen LogP contribution in [0.15, 0.2) is 36.0 Å². The fraction of sp³-hybridized carbons (Fsp3) is 0.400. The van der Waals surface area contributed by atoms with Gasteiger partial charge in [-0.05, 0) is 19.1 Å². The molecule has 1 fully saturated rings. The second kappa shape index (κ2) is 6.37. The second-order valence-corrected chi connectivity index (χ2v) is 5.07. The lowest BCUT2D eigenvalue weighted by Gasteiger charge is -2.37. The maximum atomic E-state index is 13.7.